The Balaban J connectivity index is 2.02. The quantitative estimate of drug-likeness (QED) is 0.557. The molecule has 0 fully saturated rings. The Labute approximate surface area is 152 Å². The van der Waals surface area contributed by atoms with E-state index < -0.39 is 5.97 Å². The first-order valence-corrected chi connectivity index (χ1v) is 7.93. The molecule has 25 heavy (non-hydrogen) atoms. The van der Waals surface area contributed by atoms with Gasteiger partial charge in [0.1, 0.15) is 5.75 Å². The van der Waals surface area contributed by atoms with E-state index in [9.17, 15) is 4.79 Å². The molecule has 130 valence electrons. The first-order valence-electron chi connectivity index (χ1n) is 7.14. The third-order valence-electron chi connectivity index (χ3n) is 3.43. The highest BCUT2D eigenvalue weighted by molar-refractivity contribution is 9.10. The Morgan fingerprint density at radius 2 is 1.72 bits per heavy atom. The van der Waals surface area contributed by atoms with Crippen molar-refractivity contribution in [2.45, 2.75) is 0 Å². The second-order valence-electron chi connectivity index (χ2n) is 4.89. The standard InChI is InChI=1S/C17H14BrNO6/c1-21-12-8-14(23-3)13(22-2)7-9(12)6-10-17(20)25-16(19-10)11-4-5-15(18)24-11/h4-8H,1-3H3/b10-6-. The molecule has 1 aliphatic rings. The van der Waals surface area contributed by atoms with Crippen LogP contribution in [-0.4, -0.2) is 33.2 Å². The number of halogens is 1. The summed E-state index contributed by atoms with van der Waals surface area (Å²) in [4.78, 5) is 16.3. The fraction of sp³-hybridized carbons (Fsp3) is 0.176. The van der Waals surface area contributed by atoms with Crippen LogP contribution in [0.5, 0.6) is 17.2 Å². The summed E-state index contributed by atoms with van der Waals surface area (Å²) < 4.78 is 26.9. The minimum Gasteiger partial charge on any atom is -0.496 e. The van der Waals surface area contributed by atoms with Gasteiger partial charge in [-0.2, -0.15) is 0 Å². The number of cyclic esters (lactones) is 1. The highest BCUT2D eigenvalue weighted by Crippen LogP contribution is 2.36. The Kier molecular flexibility index (Phi) is 4.80. The van der Waals surface area contributed by atoms with Gasteiger partial charge < -0.3 is 23.4 Å². The molecule has 0 radical (unpaired) electrons. The second kappa shape index (κ2) is 7.02. The number of ether oxygens (including phenoxy) is 4. The Hall–Kier alpha value is -2.74. The van der Waals surface area contributed by atoms with Crippen LogP contribution in [0.1, 0.15) is 11.3 Å². The maximum Gasteiger partial charge on any atom is 0.363 e. The number of carbonyl (C=O) groups is 1. The van der Waals surface area contributed by atoms with Crippen LogP contribution in [-0.2, 0) is 9.53 Å². The van der Waals surface area contributed by atoms with Crippen LogP contribution in [0.2, 0.25) is 0 Å². The molecule has 1 aromatic heterocycles. The van der Waals surface area contributed by atoms with Gasteiger partial charge in [0.15, 0.2) is 27.6 Å². The summed E-state index contributed by atoms with van der Waals surface area (Å²) in [5.41, 5.74) is 0.714. The summed E-state index contributed by atoms with van der Waals surface area (Å²) in [6.07, 6.45) is 1.55. The van der Waals surface area contributed by atoms with Crippen LogP contribution in [0.15, 0.2) is 44.0 Å². The highest BCUT2D eigenvalue weighted by Gasteiger charge is 2.27. The van der Waals surface area contributed by atoms with Crippen molar-refractivity contribution in [1.29, 1.82) is 0 Å². The van der Waals surface area contributed by atoms with Crippen LogP contribution in [0, 0.1) is 0 Å². The van der Waals surface area contributed by atoms with Gasteiger partial charge in [0.2, 0.25) is 0 Å². The Morgan fingerprint density at radius 3 is 2.32 bits per heavy atom. The van der Waals surface area contributed by atoms with E-state index in [0.29, 0.717) is 33.2 Å². The zero-order valence-electron chi connectivity index (χ0n) is 13.7. The Bertz CT molecular complexity index is 883. The van der Waals surface area contributed by atoms with E-state index in [1.165, 1.54) is 21.3 Å². The summed E-state index contributed by atoms with van der Waals surface area (Å²) >= 11 is 3.19. The topological polar surface area (TPSA) is 79.5 Å². The van der Waals surface area contributed by atoms with Crippen LogP contribution in [0.25, 0.3) is 6.08 Å². The predicted molar refractivity (Wildman–Crippen MR) is 93.1 cm³/mol. The van der Waals surface area contributed by atoms with Gasteiger partial charge >= 0.3 is 5.97 Å². The van der Waals surface area contributed by atoms with E-state index >= 15 is 0 Å². The first-order chi connectivity index (χ1) is 12.0. The third kappa shape index (κ3) is 3.39. The third-order valence-corrected chi connectivity index (χ3v) is 3.86. The van der Waals surface area contributed by atoms with Gasteiger partial charge in [0.25, 0.3) is 5.90 Å². The van der Waals surface area contributed by atoms with Crippen LogP contribution >= 0.6 is 15.9 Å². The summed E-state index contributed by atoms with van der Waals surface area (Å²) in [5.74, 6) is 1.38. The molecule has 0 atom stereocenters. The van der Waals surface area contributed by atoms with Crippen molar-refractivity contribution in [2.75, 3.05) is 21.3 Å². The molecular weight excluding hydrogens is 394 g/mol. The van der Waals surface area contributed by atoms with Crippen molar-refractivity contribution >= 4 is 33.9 Å². The average Bonchev–Trinajstić information content (AvgIpc) is 3.20. The van der Waals surface area contributed by atoms with Crippen molar-refractivity contribution < 1.29 is 28.2 Å². The smallest absolute Gasteiger partial charge is 0.363 e. The van der Waals surface area contributed by atoms with Gasteiger partial charge in [-0.3, -0.25) is 0 Å². The summed E-state index contributed by atoms with van der Waals surface area (Å²) in [6.45, 7) is 0. The van der Waals surface area contributed by atoms with Gasteiger partial charge in [0.05, 0.1) is 21.3 Å². The van der Waals surface area contributed by atoms with Crippen molar-refractivity contribution in [3.05, 3.63) is 46.0 Å². The number of benzene rings is 1. The number of rotatable bonds is 5. The maximum atomic E-state index is 12.1. The molecule has 1 aromatic carbocycles. The Morgan fingerprint density at radius 1 is 1.04 bits per heavy atom. The molecule has 3 rings (SSSR count). The number of carbonyl (C=O) groups excluding carboxylic acids is 1. The lowest BCUT2D eigenvalue weighted by atomic mass is 10.1. The average molecular weight is 408 g/mol. The summed E-state index contributed by atoms with van der Waals surface area (Å²) in [5, 5.41) is 0. The molecule has 0 unspecified atom stereocenters. The fourth-order valence-corrected chi connectivity index (χ4v) is 2.56. The van der Waals surface area contributed by atoms with E-state index in [0.717, 1.165) is 0 Å². The largest absolute Gasteiger partial charge is 0.496 e. The molecule has 0 spiro atoms. The first kappa shape index (κ1) is 17.1. The van der Waals surface area contributed by atoms with Crippen molar-refractivity contribution in [3.8, 4) is 17.2 Å². The molecule has 0 aliphatic carbocycles. The molecular formula is C17H14BrNO6. The SMILES string of the molecule is COc1cc(OC)c(OC)cc1/C=C1\N=C(c2ccc(Br)o2)OC1=O. The number of hydrogen-bond acceptors (Lipinski definition) is 7. The van der Waals surface area contributed by atoms with Crippen LogP contribution in [0.4, 0.5) is 0 Å². The van der Waals surface area contributed by atoms with Gasteiger partial charge in [-0.15, -0.1) is 0 Å². The molecule has 2 heterocycles. The molecule has 8 heteroatoms. The number of aliphatic imine (C=N–C) groups is 1. The van der Waals surface area contributed by atoms with Gasteiger partial charge in [-0.05, 0) is 40.2 Å². The van der Waals surface area contributed by atoms with E-state index in [-0.39, 0.29) is 11.6 Å². The van der Waals surface area contributed by atoms with E-state index in [1.807, 2.05) is 0 Å². The van der Waals surface area contributed by atoms with Crippen molar-refractivity contribution in [1.82, 2.24) is 0 Å². The number of furan rings is 1. The van der Waals surface area contributed by atoms with E-state index in [4.69, 9.17) is 23.4 Å². The van der Waals surface area contributed by atoms with Crippen LogP contribution < -0.4 is 14.2 Å². The second-order valence-corrected chi connectivity index (χ2v) is 5.67. The zero-order valence-corrected chi connectivity index (χ0v) is 15.2. The maximum absolute atomic E-state index is 12.1. The van der Waals surface area contributed by atoms with Crippen LogP contribution in [0.3, 0.4) is 0 Å². The number of esters is 1. The molecule has 0 N–H and O–H groups in total. The molecule has 2 aromatic rings. The van der Waals surface area contributed by atoms with E-state index in [2.05, 4.69) is 20.9 Å². The predicted octanol–water partition coefficient (Wildman–Crippen LogP) is 3.41. The number of nitrogens with zero attached hydrogens (tertiary/aromatic N) is 1. The van der Waals surface area contributed by atoms with Crippen molar-refractivity contribution in [2.24, 2.45) is 4.99 Å². The van der Waals surface area contributed by atoms with Gasteiger partial charge in [-0.25, -0.2) is 9.79 Å². The van der Waals surface area contributed by atoms with Gasteiger partial charge in [-0.1, -0.05) is 0 Å². The molecule has 0 amide bonds. The molecule has 1 aliphatic heterocycles. The lowest BCUT2D eigenvalue weighted by Crippen LogP contribution is -2.04. The number of methoxy groups -OCH3 is 3. The van der Waals surface area contributed by atoms with E-state index in [1.54, 1.807) is 30.3 Å². The lowest BCUT2D eigenvalue weighted by Gasteiger charge is -2.12. The summed E-state index contributed by atoms with van der Waals surface area (Å²) in [6, 6.07) is 6.69. The monoisotopic (exact) mass is 407 g/mol. The van der Waals surface area contributed by atoms with Crippen molar-refractivity contribution in [3.63, 3.8) is 0 Å². The van der Waals surface area contributed by atoms with Gasteiger partial charge in [0, 0.05) is 11.6 Å². The molecule has 0 saturated carbocycles. The molecule has 0 saturated heterocycles. The molecule has 0 bridgehead atoms. The lowest BCUT2D eigenvalue weighted by molar-refractivity contribution is -0.130. The summed E-state index contributed by atoms with van der Waals surface area (Å²) in [7, 11) is 4.57. The molecule has 7 nitrogen and oxygen atoms in total. The highest BCUT2D eigenvalue weighted by atomic mass is 79.9. The fourth-order valence-electron chi connectivity index (χ4n) is 2.26. The minimum atomic E-state index is -0.584. The minimum absolute atomic E-state index is 0.0985. The number of hydrogen-bond donors (Lipinski definition) is 0. The zero-order chi connectivity index (χ0) is 18.0. The normalized spacial score (nSPS) is 15.1.